The molecule has 1 aromatic carbocycles. The fraction of sp³-hybridized carbons (Fsp3) is 0.526. The molecular weight excluding hydrogens is 334 g/mol. The molecule has 1 aliphatic carbocycles. The maximum absolute atomic E-state index is 12.4. The molecule has 1 saturated carbocycles. The summed E-state index contributed by atoms with van der Waals surface area (Å²) < 4.78 is 5.53. The number of hydrogen-bond acceptors (Lipinski definition) is 4. The molecular formula is C19H25N3O4. The van der Waals surface area contributed by atoms with Gasteiger partial charge in [0.1, 0.15) is 11.8 Å². The molecule has 0 unspecified atom stereocenters. The SMILES string of the molecule is C[C@@]12C[C@@H]1N(C(=O)CNC(=O)CCCOc1ccccc1)[C@H](C(N)=O)C2. The van der Waals surface area contributed by atoms with Crippen molar-refractivity contribution in [2.24, 2.45) is 11.1 Å². The van der Waals surface area contributed by atoms with Gasteiger partial charge in [-0.1, -0.05) is 25.1 Å². The number of ether oxygens (including phenoxy) is 1. The normalized spacial score (nSPS) is 26.1. The van der Waals surface area contributed by atoms with Crippen LogP contribution in [0, 0.1) is 5.41 Å². The van der Waals surface area contributed by atoms with Gasteiger partial charge in [-0.25, -0.2) is 0 Å². The van der Waals surface area contributed by atoms with Crippen molar-refractivity contribution >= 4 is 17.7 Å². The van der Waals surface area contributed by atoms with Gasteiger partial charge in [0.05, 0.1) is 13.2 Å². The number of nitrogens with one attached hydrogen (secondary N) is 1. The van der Waals surface area contributed by atoms with Crippen molar-refractivity contribution in [3.8, 4) is 5.75 Å². The third kappa shape index (κ3) is 3.98. The second kappa shape index (κ2) is 7.35. The van der Waals surface area contributed by atoms with Gasteiger partial charge in [-0.05, 0) is 36.8 Å². The van der Waals surface area contributed by atoms with Gasteiger partial charge < -0.3 is 20.7 Å². The zero-order valence-corrected chi connectivity index (χ0v) is 14.9. The zero-order chi connectivity index (χ0) is 18.7. The Morgan fingerprint density at radius 3 is 2.69 bits per heavy atom. The number of fused-ring (bicyclic) bond motifs is 1. The van der Waals surface area contributed by atoms with E-state index in [0.29, 0.717) is 19.4 Å². The van der Waals surface area contributed by atoms with Crippen molar-refractivity contribution in [3.63, 3.8) is 0 Å². The van der Waals surface area contributed by atoms with E-state index in [0.717, 1.165) is 12.2 Å². The highest BCUT2D eigenvalue weighted by molar-refractivity contribution is 5.91. The van der Waals surface area contributed by atoms with Crippen LogP contribution in [0.4, 0.5) is 0 Å². The molecule has 3 atom stereocenters. The lowest BCUT2D eigenvalue weighted by molar-refractivity contribution is -0.138. The number of nitrogens with zero attached hydrogens (tertiary/aromatic N) is 1. The molecule has 1 heterocycles. The van der Waals surface area contributed by atoms with Crippen LogP contribution in [0.2, 0.25) is 0 Å². The Balaban J connectivity index is 1.37. The van der Waals surface area contributed by atoms with Gasteiger partial charge >= 0.3 is 0 Å². The van der Waals surface area contributed by atoms with Crippen molar-refractivity contribution in [3.05, 3.63) is 30.3 Å². The zero-order valence-electron chi connectivity index (χ0n) is 14.9. The lowest BCUT2D eigenvalue weighted by Crippen LogP contribution is -2.49. The molecule has 140 valence electrons. The van der Waals surface area contributed by atoms with Gasteiger partial charge in [0.15, 0.2) is 0 Å². The van der Waals surface area contributed by atoms with Crippen LogP contribution >= 0.6 is 0 Å². The highest BCUT2D eigenvalue weighted by Crippen LogP contribution is 2.58. The van der Waals surface area contributed by atoms with E-state index in [1.165, 1.54) is 0 Å². The van der Waals surface area contributed by atoms with Crippen LogP contribution < -0.4 is 15.8 Å². The number of hydrogen-bond donors (Lipinski definition) is 2. The quantitative estimate of drug-likeness (QED) is 0.671. The number of likely N-dealkylation sites (tertiary alicyclic amines) is 1. The number of primary amides is 1. The second-order valence-electron chi connectivity index (χ2n) is 7.34. The van der Waals surface area contributed by atoms with Gasteiger partial charge in [-0.3, -0.25) is 14.4 Å². The molecule has 1 saturated heterocycles. The van der Waals surface area contributed by atoms with Gasteiger partial charge in [-0.2, -0.15) is 0 Å². The van der Waals surface area contributed by atoms with Crippen LogP contribution in [0.1, 0.15) is 32.6 Å². The molecule has 0 spiro atoms. The predicted molar refractivity (Wildman–Crippen MR) is 95.1 cm³/mol. The van der Waals surface area contributed by atoms with Crippen LogP contribution in [0.15, 0.2) is 30.3 Å². The third-order valence-electron chi connectivity index (χ3n) is 5.25. The van der Waals surface area contributed by atoms with E-state index in [1.54, 1.807) is 4.90 Å². The van der Waals surface area contributed by atoms with Crippen molar-refractivity contribution < 1.29 is 19.1 Å². The van der Waals surface area contributed by atoms with Gasteiger partial charge in [0.25, 0.3) is 0 Å². The van der Waals surface area contributed by atoms with Crippen molar-refractivity contribution in [1.29, 1.82) is 0 Å². The second-order valence-corrected chi connectivity index (χ2v) is 7.34. The summed E-state index contributed by atoms with van der Waals surface area (Å²) in [6.07, 6.45) is 2.35. The van der Waals surface area contributed by atoms with E-state index in [4.69, 9.17) is 10.5 Å². The molecule has 7 nitrogen and oxygen atoms in total. The molecule has 7 heteroatoms. The molecule has 1 aliphatic heterocycles. The van der Waals surface area contributed by atoms with Crippen LogP contribution in [-0.4, -0.2) is 47.9 Å². The Labute approximate surface area is 152 Å². The first-order valence-corrected chi connectivity index (χ1v) is 8.96. The summed E-state index contributed by atoms with van der Waals surface area (Å²) in [4.78, 5) is 37.5. The minimum absolute atomic E-state index is 0.00808. The Bertz CT molecular complexity index is 693. The maximum Gasteiger partial charge on any atom is 0.242 e. The monoisotopic (exact) mass is 359 g/mol. The molecule has 2 fully saturated rings. The molecule has 3 rings (SSSR count). The first kappa shape index (κ1) is 18.2. The van der Waals surface area contributed by atoms with Gasteiger partial charge in [0, 0.05) is 12.5 Å². The summed E-state index contributed by atoms with van der Waals surface area (Å²) in [6, 6.07) is 8.91. The van der Waals surface area contributed by atoms with Crippen LogP contribution in [0.5, 0.6) is 5.75 Å². The topological polar surface area (TPSA) is 102 Å². The smallest absolute Gasteiger partial charge is 0.242 e. The van der Waals surface area contributed by atoms with Gasteiger partial charge in [0.2, 0.25) is 17.7 Å². The Kier molecular flexibility index (Phi) is 5.15. The molecule has 0 aromatic heterocycles. The van der Waals surface area contributed by atoms with E-state index >= 15 is 0 Å². The van der Waals surface area contributed by atoms with Crippen molar-refractivity contribution in [2.75, 3.05) is 13.2 Å². The summed E-state index contributed by atoms with van der Waals surface area (Å²) in [5, 5.41) is 2.63. The first-order chi connectivity index (χ1) is 12.4. The minimum atomic E-state index is -0.553. The van der Waals surface area contributed by atoms with E-state index in [9.17, 15) is 14.4 Å². The van der Waals surface area contributed by atoms with E-state index in [1.807, 2.05) is 30.3 Å². The largest absolute Gasteiger partial charge is 0.494 e. The highest BCUT2D eigenvalue weighted by Gasteiger charge is 2.63. The van der Waals surface area contributed by atoms with Crippen LogP contribution in [0.25, 0.3) is 0 Å². The summed E-state index contributed by atoms with van der Waals surface area (Å²) in [5.41, 5.74) is 5.43. The number of para-hydroxylation sites is 1. The number of carbonyl (C=O) groups is 3. The number of benzene rings is 1. The van der Waals surface area contributed by atoms with E-state index in [2.05, 4.69) is 12.2 Å². The maximum atomic E-state index is 12.4. The summed E-state index contributed by atoms with van der Waals surface area (Å²) in [5.74, 6) is -0.157. The summed E-state index contributed by atoms with van der Waals surface area (Å²) in [7, 11) is 0. The van der Waals surface area contributed by atoms with Crippen LogP contribution in [-0.2, 0) is 14.4 Å². The Morgan fingerprint density at radius 1 is 1.27 bits per heavy atom. The number of carbonyl (C=O) groups excluding carboxylic acids is 3. The first-order valence-electron chi connectivity index (χ1n) is 8.96. The third-order valence-corrected chi connectivity index (χ3v) is 5.25. The van der Waals surface area contributed by atoms with Crippen molar-refractivity contribution in [1.82, 2.24) is 10.2 Å². The molecule has 3 amide bonds. The molecule has 0 bridgehead atoms. The summed E-state index contributed by atoms with van der Waals surface area (Å²) >= 11 is 0. The van der Waals surface area contributed by atoms with Gasteiger partial charge in [-0.15, -0.1) is 0 Å². The average molecular weight is 359 g/mol. The summed E-state index contributed by atoms with van der Waals surface area (Å²) in [6.45, 7) is 2.39. The highest BCUT2D eigenvalue weighted by atomic mass is 16.5. The number of nitrogens with two attached hydrogens (primary N) is 1. The molecule has 0 radical (unpaired) electrons. The minimum Gasteiger partial charge on any atom is -0.494 e. The number of amides is 3. The van der Waals surface area contributed by atoms with E-state index < -0.39 is 11.9 Å². The van der Waals surface area contributed by atoms with Crippen LogP contribution in [0.3, 0.4) is 0 Å². The fourth-order valence-electron chi connectivity index (χ4n) is 3.67. The number of rotatable bonds is 8. The molecule has 26 heavy (non-hydrogen) atoms. The Hall–Kier alpha value is -2.57. The predicted octanol–water partition coefficient (Wildman–Crippen LogP) is 0.827. The lowest BCUT2D eigenvalue weighted by atomic mass is 10.0. The molecule has 2 aliphatic rings. The van der Waals surface area contributed by atoms with Crippen molar-refractivity contribution in [2.45, 2.75) is 44.7 Å². The number of piperidine rings is 1. The lowest BCUT2D eigenvalue weighted by Gasteiger charge is -2.25. The molecule has 1 aromatic rings. The Morgan fingerprint density at radius 2 is 2.00 bits per heavy atom. The molecule has 3 N–H and O–H groups in total. The van der Waals surface area contributed by atoms with E-state index in [-0.39, 0.29) is 36.2 Å². The average Bonchev–Trinajstić information content (AvgIpc) is 3.18. The fourth-order valence-corrected chi connectivity index (χ4v) is 3.67. The standard InChI is InChI=1S/C19H25N3O4/c1-19-10-14(18(20)25)22(15(19)11-19)17(24)12-21-16(23)8-5-9-26-13-6-3-2-4-7-13/h2-4,6-7,14-15H,5,8-12H2,1H3,(H2,20,25)(H,21,23)/t14-,15-,19+/m0/s1.